The molecule has 42 heavy (non-hydrogen) atoms. The van der Waals surface area contributed by atoms with Gasteiger partial charge in [0.25, 0.3) is 5.91 Å². The summed E-state index contributed by atoms with van der Waals surface area (Å²) < 4.78 is 11.7. The van der Waals surface area contributed by atoms with Gasteiger partial charge in [0, 0.05) is 35.7 Å². The van der Waals surface area contributed by atoms with E-state index in [1.807, 2.05) is 0 Å². The first-order valence-electron chi connectivity index (χ1n) is 14.1. The number of fused-ring (bicyclic) bond motifs is 3. The van der Waals surface area contributed by atoms with Gasteiger partial charge in [-0.1, -0.05) is 13.8 Å². The lowest BCUT2D eigenvalue weighted by atomic mass is 9.58. The van der Waals surface area contributed by atoms with Crippen molar-refractivity contribution in [3.63, 3.8) is 0 Å². The van der Waals surface area contributed by atoms with Crippen molar-refractivity contribution >= 4 is 17.5 Å². The number of phenols is 1. The number of methoxy groups -OCH3 is 1. The van der Waals surface area contributed by atoms with Gasteiger partial charge in [-0.15, -0.1) is 0 Å². The van der Waals surface area contributed by atoms with Crippen LogP contribution in [-0.4, -0.2) is 107 Å². The highest BCUT2D eigenvalue weighted by atomic mass is 16.5. The predicted molar refractivity (Wildman–Crippen MR) is 150 cm³/mol. The summed E-state index contributed by atoms with van der Waals surface area (Å²) >= 11 is 0. The van der Waals surface area contributed by atoms with Crippen LogP contribution in [-0.2, 0) is 20.7 Å². The number of amides is 1. The van der Waals surface area contributed by atoms with Crippen LogP contribution < -0.4 is 10.5 Å². The topological polar surface area (TPSA) is 183 Å². The Morgan fingerprint density at radius 1 is 1.26 bits per heavy atom. The quantitative estimate of drug-likeness (QED) is 0.302. The molecule has 5 atom stereocenters. The Morgan fingerprint density at radius 2 is 1.95 bits per heavy atom. The Bertz CT molecular complexity index is 1410. The number of Topliss-reactive ketones (excluding diaryl/α,β-unsaturated/α-hetero) is 2. The molecule has 0 aromatic heterocycles. The summed E-state index contributed by atoms with van der Waals surface area (Å²) in [4.78, 5) is 43.4. The second-order valence-corrected chi connectivity index (χ2v) is 12.3. The molecule has 0 spiro atoms. The normalized spacial score (nSPS) is 30.0. The fourth-order valence-electron chi connectivity index (χ4n) is 7.43. The average Bonchev–Trinajstić information content (AvgIpc) is 2.90. The zero-order chi connectivity index (χ0) is 30.8. The second kappa shape index (κ2) is 10.7. The van der Waals surface area contributed by atoms with E-state index in [1.165, 1.54) is 18.1 Å². The number of carbonyl (C=O) groups excluding carboxylic acids is 3. The standard InChI is InChI=1S/C30H39N3O9/c1-13(2)11-33-6-7-42-12-18(33)15-10-19(34)21-16(26(15)41-5)8-14-9-17-23(32(3)4)25(36)22(29(31)39)28(38)30(17,40)27(37)20(14)24(21)35/h10,13-14,17-18,23,34,36-37,40H,6-9,11-12H2,1-5H3,(H2,31,39)/t14-,17-,18?,23-,30-/m0/s1. The molecule has 1 fully saturated rings. The predicted octanol–water partition coefficient (Wildman–Crippen LogP) is 1.16. The third kappa shape index (κ3) is 4.31. The Kier molecular flexibility index (Phi) is 7.63. The van der Waals surface area contributed by atoms with Crippen LogP contribution in [0.5, 0.6) is 11.5 Å². The molecular weight excluding hydrogens is 546 g/mol. The van der Waals surface area contributed by atoms with Crippen molar-refractivity contribution in [2.45, 2.75) is 44.4 Å². The molecule has 1 unspecified atom stereocenters. The number of benzene rings is 1. The zero-order valence-corrected chi connectivity index (χ0v) is 24.5. The molecule has 12 heteroatoms. The van der Waals surface area contributed by atoms with E-state index >= 15 is 0 Å². The van der Waals surface area contributed by atoms with E-state index in [-0.39, 0.29) is 35.8 Å². The van der Waals surface area contributed by atoms with Crippen LogP contribution in [0, 0.1) is 17.8 Å². The summed E-state index contributed by atoms with van der Waals surface area (Å²) in [5, 5.41) is 45.4. The lowest BCUT2D eigenvalue weighted by Crippen LogP contribution is -2.63. The number of phenolic OH excluding ortho intramolecular Hbond substituents is 1. The number of aromatic hydroxyl groups is 1. The van der Waals surface area contributed by atoms with Crippen LogP contribution in [0.1, 0.15) is 47.8 Å². The molecule has 12 nitrogen and oxygen atoms in total. The van der Waals surface area contributed by atoms with Gasteiger partial charge in [-0.25, -0.2) is 0 Å². The molecule has 5 rings (SSSR count). The van der Waals surface area contributed by atoms with Crippen LogP contribution in [0.2, 0.25) is 0 Å². The van der Waals surface area contributed by atoms with Crippen molar-refractivity contribution in [3.05, 3.63) is 45.4 Å². The summed E-state index contributed by atoms with van der Waals surface area (Å²) in [7, 11) is 4.68. The van der Waals surface area contributed by atoms with Gasteiger partial charge in [-0.05, 0) is 44.8 Å². The number of hydrogen-bond donors (Lipinski definition) is 5. The third-order valence-electron chi connectivity index (χ3n) is 9.10. The molecule has 1 aromatic rings. The van der Waals surface area contributed by atoms with E-state index in [0.29, 0.717) is 42.6 Å². The minimum Gasteiger partial charge on any atom is -0.510 e. The van der Waals surface area contributed by atoms with Crippen molar-refractivity contribution in [2.75, 3.05) is 47.5 Å². The van der Waals surface area contributed by atoms with E-state index in [0.717, 1.165) is 6.54 Å². The van der Waals surface area contributed by atoms with Gasteiger partial charge in [0.15, 0.2) is 11.4 Å². The highest BCUT2D eigenvalue weighted by Crippen LogP contribution is 2.54. The number of aliphatic hydroxyl groups is 3. The van der Waals surface area contributed by atoms with Crippen LogP contribution >= 0.6 is 0 Å². The number of likely N-dealkylation sites (N-methyl/N-ethyl adjacent to an activating group) is 1. The van der Waals surface area contributed by atoms with Crippen molar-refractivity contribution < 1.29 is 44.3 Å². The summed E-state index contributed by atoms with van der Waals surface area (Å²) in [6.45, 7) is 6.67. The molecule has 6 N–H and O–H groups in total. The fraction of sp³-hybridized carbons (Fsp3) is 0.567. The van der Waals surface area contributed by atoms with Gasteiger partial charge < -0.3 is 35.6 Å². The van der Waals surface area contributed by atoms with Crippen molar-refractivity contribution in [1.82, 2.24) is 9.80 Å². The van der Waals surface area contributed by atoms with Gasteiger partial charge in [0.1, 0.15) is 28.6 Å². The molecule has 1 aromatic carbocycles. The molecule has 0 saturated carbocycles. The third-order valence-corrected chi connectivity index (χ3v) is 9.10. The van der Waals surface area contributed by atoms with Gasteiger partial charge >= 0.3 is 0 Å². The fourth-order valence-corrected chi connectivity index (χ4v) is 7.43. The van der Waals surface area contributed by atoms with Crippen LogP contribution in [0.25, 0.3) is 0 Å². The minimum absolute atomic E-state index is 0.00587. The van der Waals surface area contributed by atoms with Crippen molar-refractivity contribution in [3.8, 4) is 11.5 Å². The molecule has 3 aliphatic carbocycles. The second-order valence-electron chi connectivity index (χ2n) is 12.3. The molecule has 1 aliphatic heterocycles. The number of primary amides is 1. The monoisotopic (exact) mass is 585 g/mol. The van der Waals surface area contributed by atoms with Crippen molar-refractivity contribution in [2.24, 2.45) is 23.5 Å². The molecule has 1 heterocycles. The Labute approximate surface area is 244 Å². The number of morpholine rings is 1. The lowest BCUT2D eigenvalue weighted by molar-refractivity contribution is -0.148. The van der Waals surface area contributed by atoms with Crippen LogP contribution in [0.15, 0.2) is 28.7 Å². The molecular formula is C30H39N3O9. The van der Waals surface area contributed by atoms with E-state index < -0.39 is 58.0 Å². The number of allylic oxidation sites excluding steroid dienone is 1. The number of rotatable bonds is 6. The van der Waals surface area contributed by atoms with Gasteiger partial charge in [-0.2, -0.15) is 0 Å². The molecule has 228 valence electrons. The van der Waals surface area contributed by atoms with Crippen LogP contribution in [0.4, 0.5) is 0 Å². The molecule has 0 bridgehead atoms. The van der Waals surface area contributed by atoms with E-state index in [9.17, 15) is 34.8 Å². The van der Waals surface area contributed by atoms with Crippen LogP contribution in [0.3, 0.4) is 0 Å². The number of hydrogen-bond acceptors (Lipinski definition) is 11. The summed E-state index contributed by atoms with van der Waals surface area (Å²) in [5.74, 6) is -6.06. The smallest absolute Gasteiger partial charge is 0.255 e. The number of ether oxygens (including phenoxy) is 2. The van der Waals surface area contributed by atoms with E-state index in [4.69, 9.17) is 15.2 Å². The lowest BCUT2D eigenvalue weighted by Gasteiger charge is -2.50. The number of carbonyl (C=O) groups is 3. The van der Waals surface area contributed by atoms with Gasteiger partial charge in [-0.3, -0.25) is 24.2 Å². The summed E-state index contributed by atoms with van der Waals surface area (Å²) in [6, 6.07) is 0.203. The highest BCUT2D eigenvalue weighted by molar-refractivity contribution is 6.24. The number of nitrogens with two attached hydrogens (primary N) is 1. The SMILES string of the molecule is COc1c(C2COCCN2CC(C)C)cc(O)c2c1C[C@H]1C[C@H]3[C@H](N(C)C)C(O)=C(C(N)=O)C(=O)[C@@]3(O)C(O)=C1C2=O. The van der Waals surface area contributed by atoms with E-state index in [2.05, 4.69) is 18.7 Å². The maximum Gasteiger partial charge on any atom is 0.255 e. The zero-order valence-electron chi connectivity index (χ0n) is 24.5. The Hall–Kier alpha value is -3.45. The summed E-state index contributed by atoms with van der Waals surface area (Å²) in [5.41, 5.74) is 2.73. The molecule has 1 saturated heterocycles. The first-order chi connectivity index (χ1) is 19.7. The maximum absolute atomic E-state index is 14.0. The van der Waals surface area contributed by atoms with Crippen molar-refractivity contribution in [1.29, 1.82) is 0 Å². The number of aliphatic hydroxyl groups excluding tert-OH is 2. The summed E-state index contributed by atoms with van der Waals surface area (Å²) in [6.07, 6.45) is 0.156. The molecule has 1 amide bonds. The largest absolute Gasteiger partial charge is 0.510 e. The molecule has 4 aliphatic rings. The average molecular weight is 586 g/mol. The minimum atomic E-state index is -2.68. The maximum atomic E-state index is 14.0. The molecule has 0 radical (unpaired) electrons. The first kappa shape index (κ1) is 30.0. The van der Waals surface area contributed by atoms with Gasteiger partial charge in [0.05, 0.1) is 38.0 Å². The number of ketones is 2. The first-order valence-corrected chi connectivity index (χ1v) is 14.1. The highest BCUT2D eigenvalue weighted by Gasteiger charge is 2.63. The Morgan fingerprint density at radius 3 is 2.55 bits per heavy atom. The number of nitrogens with zero attached hydrogens (tertiary/aromatic N) is 2. The Balaban J connectivity index is 1.67. The van der Waals surface area contributed by atoms with E-state index in [1.54, 1.807) is 14.1 Å². The van der Waals surface area contributed by atoms with Gasteiger partial charge in [0.2, 0.25) is 5.78 Å².